The van der Waals surface area contributed by atoms with Gasteiger partial charge in [0, 0.05) is 34.0 Å². The number of nitriles is 1. The monoisotopic (exact) mass is 390 g/mol. The molecule has 0 saturated heterocycles. The van der Waals surface area contributed by atoms with Crippen molar-refractivity contribution in [2.24, 2.45) is 0 Å². The highest BCUT2D eigenvalue weighted by Crippen LogP contribution is 2.44. The van der Waals surface area contributed by atoms with E-state index in [1.54, 1.807) is 18.2 Å². The molecule has 6 nitrogen and oxygen atoms in total. The van der Waals surface area contributed by atoms with Crippen molar-refractivity contribution in [3.63, 3.8) is 0 Å². The van der Waals surface area contributed by atoms with Crippen molar-refractivity contribution in [3.8, 4) is 11.8 Å². The van der Waals surface area contributed by atoms with Crippen LogP contribution in [0.3, 0.4) is 0 Å². The fourth-order valence-corrected chi connectivity index (χ4v) is 3.99. The number of ketones is 1. The van der Waals surface area contributed by atoms with E-state index in [1.165, 1.54) is 0 Å². The molecule has 6 heteroatoms. The number of nitrogens with one attached hydrogen (secondary N) is 1. The molecule has 4 rings (SSSR count). The number of benzene rings is 2. The zero-order valence-corrected chi connectivity index (χ0v) is 16.3. The Morgan fingerprint density at radius 1 is 1.24 bits per heavy atom. The van der Waals surface area contributed by atoms with E-state index in [2.05, 4.69) is 24.9 Å². The third-order valence-electron chi connectivity index (χ3n) is 5.62. The van der Waals surface area contributed by atoms with Gasteiger partial charge in [-0.15, -0.1) is 0 Å². The van der Waals surface area contributed by atoms with Gasteiger partial charge in [-0.1, -0.05) is 26.0 Å². The number of nitrogens with zero attached hydrogens (tertiary/aromatic N) is 1. The average Bonchev–Trinajstić information content (AvgIpc) is 3.12. The van der Waals surface area contributed by atoms with Crippen molar-refractivity contribution in [1.82, 2.24) is 4.98 Å². The summed E-state index contributed by atoms with van der Waals surface area (Å²) in [7, 11) is 0. The molecule has 1 atom stereocenters. The number of carbonyl (C=O) groups is 1. The Morgan fingerprint density at radius 2 is 2.03 bits per heavy atom. The number of rotatable bonds is 5. The molecular weight excluding hydrogens is 368 g/mol. The van der Waals surface area contributed by atoms with E-state index < -0.39 is 11.5 Å². The van der Waals surface area contributed by atoms with Gasteiger partial charge in [0.05, 0.1) is 36.5 Å². The molecule has 2 aromatic carbocycles. The first-order valence-corrected chi connectivity index (χ1v) is 9.54. The Kier molecular flexibility index (Phi) is 4.65. The molecule has 0 amide bonds. The Morgan fingerprint density at radius 3 is 2.76 bits per heavy atom. The van der Waals surface area contributed by atoms with Gasteiger partial charge in [0.15, 0.2) is 5.78 Å². The van der Waals surface area contributed by atoms with Crippen LogP contribution in [-0.4, -0.2) is 40.3 Å². The smallest absolute Gasteiger partial charge is 0.195 e. The van der Waals surface area contributed by atoms with Crippen LogP contribution < -0.4 is 4.74 Å². The number of aliphatic hydroxyl groups is 2. The van der Waals surface area contributed by atoms with Crippen molar-refractivity contribution >= 4 is 16.7 Å². The first-order chi connectivity index (χ1) is 13.9. The molecule has 29 heavy (non-hydrogen) atoms. The molecule has 3 aromatic rings. The second kappa shape index (κ2) is 7.03. The maximum absolute atomic E-state index is 13.4. The van der Waals surface area contributed by atoms with E-state index in [-0.39, 0.29) is 19.0 Å². The topological polar surface area (TPSA) is 106 Å². The van der Waals surface area contributed by atoms with E-state index >= 15 is 0 Å². The van der Waals surface area contributed by atoms with Gasteiger partial charge in [-0.3, -0.25) is 4.79 Å². The van der Waals surface area contributed by atoms with Gasteiger partial charge in [0.25, 0.3) is 0 Å². The molecule has 148 valence electrons. The van der Waals surface area contributed by atoms with Crippen LogP contribution >= 0.6 is 0 Å². The number of aromatic amines is 1. The Balaban J connectivity index is 1.76. The highest BCUT2D eigenvalue weighted by Gasteiger charge is 2.39. The van der Waals surface area contributed by atoms with Gasteiger partial charge in [-0.05, 0) is 29.8 Å². The number of aliphatic hydroxyl groups excluding tert-OH is 2. The minimum absolute atomic E-state index is 0.0777. The Bertz CT molecular complexity index is 1150. The second-order valence-electron chi connectivity index (χ2n) is 7.88. The van der Waals surface area contributed by atoms with Crippen LogP contribution in [0.5, 0.6) is 5.75 Å². The second-order valence-corrected chi connectivity index (χ2v) is 7.88. The van der Waals surface area contributed by atoms with Gasteiger partial charge in [-0.25, -0.2) is 0 Å². The summed E-state index contributed by atoms with van der Waals surface area (Å²) in [6.45, 7) is 4.07. The number of H-pyrrole nitrogens is 1. The van der Waals surface area contributed by atoms with Crippen molar-refractivity contribution in [2.45, 2.75) is 31.8 Å². The number of hydrogen-bond donors (Lipinski definition) is 3. The summed E-state index contributed by atoms with van der Waals surface area (Å²) in [5.74, 6) is 0.472. The Labute approximate surface area is 168 Å². The minimum atomic E-state index is -0.819. The van der Waals surface area contributed by atoms with Crippen LogP contribution in [-0.2, 0) is 5.41 Å². The predicted octanol–water partition coefficient (Wildman–Crippen LogP) is 3.03. The van der Waals surface area contributed by atoms with Crippen LogP contribution in [0.15, 0.2) is 36.4 Å². The standard InChI is InChI=1S/C23H22N2O4/c1-23(2)18-6-4-15(29-8-7-14(27)12-26)10-17(18)21(28)20-16-5-3-13(11-24)9-19(16)25-22(20)23/h3-6,9-10,14,25-27H,7-8,12H2,1-2H3/t14-/m0/s1. The molecule has 1 aliphatic rings. The summed E-state index contributed by atoms with van der Waals surface area (Å²) in [6.07, 6.45) is -0.513. The van der Waals surface area contributed by atoms with Crippen LogP contribution in [0.4, 0.5) is 0 Å². The average molecular weight is 390 g/mol. The van der Waals surface area contributed by atoms with Crippen molar-refractivity contribution in [2.75, 3.05) is 13.2 Å². The van der Waals surface area contributed by atoms with Crippen molar-refractivity contribution in [3.05, 3.63) is 64.3 Å². The third kappa shape index (κ3) is 3.09. The molecule has 1 heterocycles. The minimum Gasteiger partial charge on any atom is -0.493 e. The van der Waals surface area contributed by atoms with Crippen molar-refractivity contribution < 1.29 is 19.7 Å². The zero-order chi connectivity index (χ0) is 20.8. The maximum Gasteiger partial charge on any atom is 0.195 e. The van der Waals surface area contributed by atoms with Gasteiger partial charge in [-0.2, -0.15) is 5.26 Å². The first kappa shape index (κ1) is 19.2. The third-order valence-corrected chi connectivity index (χ3v) is 5.62. The summed E-state index contributed by atoms with van der Waals surface area (Å²) in [4.78, 5) is 16.8. The maximum atomic E-state index is 13.4. The van der Waals surface area contributed by atoms with Gasteiger partial charge < -0.3 is 19.9 Å². The number of fused-ring (bicyclic) bond motifs is 4. The highest BCUT2D eigenvalue weighted by atomic mass is 16.5. The summed E-state index contributed by atoms with van der Waals surface area (Å²) >= 11 is 0. The molecule has 1 aromatic heterocycles. The van der Waals surface area contributed by atoms with Crippen molar-refractivity contribution in [1.29, 1.82) is 5.26 Å². The van der Waals surface area contributed by atoms with E-state index in [9.17, 15) is 15.2 Å². The summed E-state index contributed by atoms with van der Waals surface area (Å²) < 4.78 is 5.68. The van der Waals surface area contributed by atoms with E-state index in [1.807, 2.05) is 18.2 Å². The van der Waals surface area contributed by atoms with Crippen LogP contribution in [0.1, 0.15) is 53.0 Å². The lowest BCUT2D eigenvalue weighted by molar-refractivity contribution is 0.0753. The number of carbonyl (C=O) groups excluding carboxylic acids is 1. The molecule has 0 aliphatic heterocycles. The molecule has 3 N–H and O–H groups in total. The van der Waals surface area contributed by atoms with E-state index in [4.69, 9.17) is 9.84 Å². The lowest BCUT2D eigenvalue weighted by Gasteiger charge is -2.32. The quantitative estimate of drug-likeness (QED) is 0.621. The van der Waals surface area contributed by atoms with Crippen LogP contribution in [0.25, 0.3) is 10.9 Å². The fraction of sp³-hybridized carbons (Fsp3) is 0.304. The van der Waals surface area contributed by atoms with Crippen LogP contribution in [0.2, 0.25) is 0 Å². The molecule has 0 radical (unpaired) electrons. The van der Waals surface area contributed by atoms with Gasteiger partial charge in [0.2, 0.25) is 0 Å². The zero-order valence-electron chi connectivity index (χ0n) is 16.3. The molecule has 0 saturated carbocycles. The molecule has 0 spiro atoms. The summed E-state index contributed by atoms with van der Waals surface area (Å²) in [6, 6.07) is 12.9. The number of hydrogen-bond acceptors (Lipinski definition) is 5. The van der Waals surface area contributed by atoms with Crippen LogP contribution in [0, 0.1) is 11.3 Å². The van der Waals surface area contributed by atoms with E-state index in [0.29, 0.717) is 28.9 Å². The normalized spacial score (nSPS) is 15.5. The predicted molar refractivity (Wildman–Crippen MR) is 108 cm³/mol. The lowest BCUT2D eigenvalue weighted by Crippen LogP contribution is -2.30. The summed E-state index contributed by atoms with van der Waals surface area (Å²) in [5, 5.41) is 28.3. The summed E-state index contributed by atoms with van der Waals surface area (Å²) in [5.41, 5.74) is 3.88. The Hall–Kier alpha value is -3.14. The molecule has 1 aliphatic carbocycles. The van der Waals surface area contributed by atoms with E-state index in [0.717, 1.165) is 22.2 Å². The SMILES string of the molecule is CC1(C)c2ccc(OCC[C@H](O)CO)cc2C(=O)c2c1[nH]c1cc(C#N)ccc21. The van der Waals surface area contributed by atoms with Gasteiger partial charge in [0.1, 0.15) is 5.75 Å². The number of ether oxygens (including phenoxy) is 1. The molecule has 0 unspecified atom stereocenters. The lowest BCUT2D eigenvalue weighted by atomic mass is 9.71. The largest absolute Gasteiger partial charge is 0.493 e. The fourth-order valence-electron chi connectivity index (χ4n) is 3.99. The molecule has 0 fully saturated rings. The number of aromatic nitrogens is 1. The highest BCUT2D eigenvalue weighted by molar-refractivity contribution is 6.20. The molecular formula is C23H22N2O4. The van der Waals surface area contributed by atoms with Gasteiger partial charge >= 0.3 is 0 Å². The first-order valence-electron chi connectivity index (χ1n) is 9.54. The molecule has 0 bridgehead atoms.